The number of nitrogens with zero attached hydrogens (tertiary/aromatic N) is 1. The zero-order valence-corrected chi connectivity index (χ0v) is 11.0. The molecule has 1 N–H and O–H groups in total. The van der Waals surface area contributed by atoms with E-state index in [0.717, 1.165) is 24.9 Å². The molecule has 1 aromatic carbocycles. The molecule has 1 aliphatic rings. The van der Waals surface area contributed by atoms with Crippen molar-refractivity contribution in [3.05, 3.63) is 23.8 Å². The maximum absolute atomic E-state index is 11.1. The highest BCUT2D eigenvalue weighted by Gasteiger charge is 2.14. The lowest BCUT2D eigenvalue weighted by atomic mass is 10.1. The Morgan fingerprint density at radius 3 is 2.41 bits per heavy atom. The van der Waals surface area contributed by atoms with E-state index in [-0.39, 0.29) is 0 Å². The van der Waals surface area contributed by atoms with Crippen LogP contribution in [0.1, 0.15) is 18.4 Å². The average molecular weight is 254 g/mol. The van der Waals surface area contributed by atoms with Crippen LogP contribution in [-0.4, -0.2) is 27.8 Å². The molecule has 0 amide bonds. The van der Waals surface area contributed by atoms with Crippen LogP contribution in [0.3, 0.4) is 0 Å². The van der Waals surface area contributed by atoms with E-state index in [1.165, 1.54) is 18.5 Å². The third-order valence-electron chi connectivity index (χ3n) is 2.95. The van der Waals surface area contributed by atoms with Gasteiger partial charge >= 0.3 is 0 Å². The summed E-state index contributed by atoms with van der Waals surface area (Å²) in [5.41, 5.74) is 2.95. The zero-order valence-electron chi connectivity index (χ0n) is 10.2. The van der Waals surface area contributed by atoms with Gasteiger partial charge < -0.3 is 4.90 Å². The quantitative estimate of drug-likeness (QED) is 0.897. The first-order valence-corrected chi connectivity index (χ1v) is 7.68. The number of aryl methyl sites for hydroxylation is 1. The molecule has 94 valence electrons. The van der Waals surface area contributed by atoms with Gasteiger partial charge in [-0.1, -0.05) is 0 Å². The lowest BCUT2D eigenvalue weighted by molar-refractivity contribution is 0.607. The Balaban J connectivity index is 2.22. The Hall–Kier alpha value is -1.23. The second kappa shape index (κ2) is 4.56. The van der Waals surface area contributed by atoms with Crippen LogP contribution in [0.5, 0.6) is 0 Å². The van der Waals surface area contributed by atoms with Gasteiger partial charge in [-0.15, -0.1) is 0 Å². The van der Waals surface area contributed by atoms with Crippen molar-refractivity contribution < 1.29 is 8.42 Å². The average Bonchev–Trinajstić information content (AvgIpc) is 2.68. The van der Waals surface area contributed by atoms with E-state index in [9.17, 15) is 8.42 Å². The smallest absolute Gasteiger partial charge is 0.229 e. The first-order valence-electron chi connectivity index (χ1n) is 5.79. The number of anilines is 2. The summed E-state index contributed by atoms with van der Waals surface area (Å²) >= 11 is 0. The van der Waals surface area contributed by atoms with Crippen molar-refractivity contribution in [2.75, 3.05) is 29.0 Å². The molecule has 1 aromatic rings. The highest BCUT2D eigenvalue weighted by atomic mass is 32.2. The topological polar surface area (TPSA) is 49.4 Å². The highest BCUT2D eigenvalue weighted by molar-refractivity contribution is 7.92. The fourth-order valence-corrected chi connectivity index (χ4v) is 2.80. The van der Waals surface area contributed by atoms with Gasteiger partial charge in [0.25, 0.3) is 0 Å². The first kappa shape index (κ1) is 12.2. The summed E-state index contributed by atoms with van der Waals surface area (Å²) < 4.78 is 24.8. The van der Waals surface area contributed by atoms with Crippen molar-refractivity contribution in [1.82, 2.24) is 0 Å². The summed E-state index contributed by atoms with van der Waals surface area (Å²) in [5, 5.41) is 0. The summed E-state index contributed by atoms with van der Waals surface area (Å²) in [6, 6.07) is 5.70. The Morgan fingerprint density at radius 1 is 1.24 bits per heavy atom. The molecule has 2 rings (SSSR count). The van der Waals surface area contributed by atoms with Crippen LogP contribution >= 0.6 is 0 Å². The van der Waals surface area contributed by atoms with Crippen molar-refractivity contribution in [3.8, 4) is 0 Å². The SMILES string of the molecule is Cc1cc(NS(C)(=O)=O)ccc1N1CCCC1. The van der Waals surface area contributed by atoms with E-state index in [1.807, 2.05) is 25.1 Å². The van der Waals surface area contributed by atoms with E-state index in [0.29, 0.717) is 5.69 Å². The van der Waals surface area contributed by atoms with Crippen LogP contribution in [-0.2, 0) is 10.0 Å². The molecule has 1 aliphatic heterocycles. The van der Waals surface area contributed by atoms with Crippen molar-refractivity contribution in [2.45, 2.75) is 19.8 Å². The number of nitrogens with one attached hydrogen (secondary N) is 1. The minimum atomic E-state index is -3.19. The minimum Gasteiger partial charge on any atom is -0.371 e. The van der Waals surface area contributed by atoms with Crippen LogP contribution in [0.4, 0.5) is 11.4 Å². The van der Waals surface area contributed by atoms with Crippen molar-refractivity contribution in [3.63, 3.8) is 0 Å². The number of hydrogen-bond donors (Lipinski definition) is 1. The second-order valence-electron chi connectivity index (χ2n) is 4.57. The number of hydrogen-bond acceptors (Lipinski definition) is 3. The molecule has 1 fully saturated rings. The van der Waals surface area contributed by atoms with Gasteiger partial charge in [0, 0.05) is 24.5 Å². The largest absolute Gasteiger partial charge is 0.371 e. The Kier molecular flexibility index (Phi) is 3.28. The molecule has 17 heavy (non-hydrogen) atoms. The minimum absolute atomic E-state index is 0.632. The van der Waals surface area contributed by atoms with Crippen LogP contribution in [0.25, 0.3) is 0 Å². The second-order valence-corrected chi connectivity index (χ2v) is 6.32. The summed E-state index contributed by atoms with van der Waals surface area (Å²) in [6.07, 6.45) is 3.64. The van der Waals surface area contributed by atoms with Gasteiger partial charge in [-0.3, -0.25) is 4.72 Å². The number of benzene rings is 1. The molecular formula is C12H18N2O2S. The maximum Gasteiger partial charge on any atom is 0.229 e. The number of rotatable bonds is 3. The molecule has 0 bridgehead atoms. The maximum atomic E-state index is 11.1. The third-order valence-corrected chi connectivity index (χ3v) is 3.55. The molecule has 1 heterocycles. The van der Waals surface area contributed by atoms with Gasteiger partial charge in [-0.2, -0.15) is 0 Å². The lowest BCUT2D eigenvalue weighted by Crippen LogP contribution is -2.18. The van der Waals surface area contributed by atoms with Crippen molar-refractivity contribution >= 4 is 21.4 Å². The van der Waals surface area contributed by atoms with Crippen LogP contribution in [0, 0.1) is 6.92 Å². The molecule has 0 saturated carbocycles. The Bertz CT molecular complexity index is 505. The molecule has 5 heteroatoms. The third kappa shape index (κ3) is 3.12. The van der Waals surface area contributed by atoms with E-state index in [4.69, 9.17) is 0 Å². The van der Waals surface area contributed by atoms with Crippen LogP contribution < -0.4 is 9.62 Å². The van der Waals surface area contributed by atoms with Gasteiger partial charge in [0.05, 0.1) is 6.26 Å². The Morgan fingerprint density at radius 2 is 1.88 bits per heavy atom. The molecule has 0 atom stereocenters. The van der Waals surface area contributed by atoms with E-state index >= 15 is 0 Å². The fourth-order valence-electron chi connectivity index (χ4n) is 2.25. The van der Waals surface area contributed by atoms with E-state index in [1.54, 1.807) is 0 Å². The Labute approximate surface area is 103 Å². The molecule has 0 aromatic heterocycles. The van der Waals surface area contributed by atoms with Gasteiger partial charge in [-0.05, 0) is 43.5 Å². The first-order chi connectivity index (χ1) is 7.96. The van der Waals surface area contributed by atoms with Gasteiger partial charge in [0.2, 0.25) is 10.0 Å². The molecule has 4 nitrogen and oxygen atoms in total. The summed E-state index contributed by atoms with van der Waals surface area (Å²) in [6.45, 7) is 4.21. The van der Waals surface area contributed by atoms with Gasteiger partial charge in [0.1, 0.15) is 0 Å². The molecule has 0 aliphatic carbocycles. The molecule has 0 unspecified atom stereocenters. The lowest BCUT2D eigenvalue weighted by Gasteiger charge is -2.20. The molecule has 1 saturated heterocycles. The highest BCUT2D eigenvalue weighted by Crippen LogP contribution is 2.26. The van der Waals surface area contributed by atoms with E-state index in [2.05, 4.69) is 9.62 Å². The molecular weight excluding hydrogens is 236 g/mol. The normalized spacial score (nSPS) is 16.2. The van der Waals surface area contributed by atoms with Crippen molar-refractivity contribution in [1.29, 1.82) is 0 Å². The van der Waals surface area contributed by atoms with Crippen molar-refractivity contribution in [2.24, 2.45) is 0 Å². The number of sulfonamides is 1. The standard InChI is InChI=1S/C12H18N2O2S/c1-10-9-11(13-17(2,15)16)5-6-12(10)14-7-3-4-8-14/h5-6,9,13H,3-4,7-8H2,1-2H3. The van der Waals surface area contributed by atoms with Gasteiger partial charge in [0.15, 0.2) is 0 Å². The summed E-state index contributed by atoms with van der Waals surface area (Å²) in [4.78, 5) is 2.35. The predicted octanol–water partition coefficient (Wildman–Crippen LogP) is 1.97. The summed E-state index contributed by atoms with van der Waals surface area (Å²) in [7, 11) is -3.19. The predicted molar refractivity (Wildman–Crippen MR) is 71.1 cm³/mol. The van der Waals surface area contributed by atoms with Crippen LogP contribution in [0.15, 0.2) is 18.2 Å². The molecule has 0 radical (unpaired) electrons. The van der Waals surface area contributed by atoms with Gasteiger partial charge in [-0.25, -0.2) is 8.42 Å². The fraction of sp³-hybridized carbons (Fsp3) is 0.500. The molecule has 0 spiro atoms. The van der Waals surface area contributed by atoms with E-state index < -0.39 is 10.0 Å². The monoisotopic (exact) mass is 254 g/mol. The zero-order chi connectivity index (χ0) is 12.5. The summed E-state index contributed by atoms with van der Waals surface area (Å²) in [5.74, 6) is 0. The van der Waals surface area contributed by atoms with Crippen LogP contribution in [0.2, 0.25) is 0 Å².